The molecule has 7 nitrogen and oxygen atoms in total. The lowest BCUT2D eigenvalue weighted by Crippen LogP contribution is -2.12. The third-order valence-corrected chi connectivity index (χ3v) is 3.06. The number of ether oxygens (including phenoxy) is 1. The number of imidazole rings is 1. The molecule has 0 fully saturated rings. The number of benzene rings is 1. The minimum absolute atomic E-state index is 0.180. The van der Waals surface area contributed by atoms with Crippen LogP contribution in [0.15, 0.2) is 49.5 Å². The monoisotopic (exact) mass is 399 g/mol. The molecule has 0 aliphatic rings. The average molecular weight is 400 g/mol. The summed E-state index contributed by atoms with van der Waals surface area (Å²) in [7, 11) is -4.67. The standard InChI is InChI=1S/C14H14Cl2N2O.H2O4S/c1-2-7-19-14(9-18-6-5-17-10-18)12-4-3-11(15)8-13(12)16;1-5(2,3)4/h2-6,8,10,14H,1,7,9H2;(H2,1,2,3,4)/i1D2,2D,7D2;. The summed E-state index contributed by atoms with van der Waals surface area (Å²) in [6.07, 6.45) is 3.90. The summed E-state index contributed by atoms with van der Waals surface area (Å²) >= 11 is 12.1. The summed E-state index contributed by atoms with van der Waals surface area (Å²) in [5.41, 5.74) is 0.475. The third kappa shape index (κ3) is 8.44. The first kappa shape index (κ1) is 13.8. The van der Waals surface area contributed by atoms with Gasteiger partial charge in [0.15, 0.2) is 0 Å². The van der Waals surface area contributed by atoms with Crippen molar-refractivity contribution in [2.75, 3.05) is 6.56 Å². The van der Waals surface area contributed by atoms with Crippen LogP contribution in [-0.4, -0.2) is 33.6 Å². The van der Waals surface area contributed by atoms with Gasteiger partial charge in [0, 0.05) is 28.0 Å². The molecule has 10 heteroatoms. The van der Waals surface area contributed by atoms with Crippen LogP contribution in [0.25, 0.3) is 0 Å². The maximum Gasteiger partial charge on any atom is 0.394 e. The van der Waals surface area contributed by atoms with Gasteiger partial charge in [-0.3, -0.25) is 9.11 Å². The van der Waals surface area contributed by atoms with Crippen LogP contribution in [0.4, 0.5) is 0 Å². The van der Waals surface area contributed by atoms with Gasteiger partial charge in [-0.2, -0.15) is 8.42 Å². The van der Waals surface area contributed by atoms with Crippen LogP contribution >= 0.6 is 23.2 Å². The largest absolute Gasteiger partial charge is 0.394 e. The Morgan fingerprint density at radius 1 is 1.54 bits per heavy atom. The highest BCUT2D eigenvalue weighted by atomic mass is 35.5. The summed E-state index contributed by atoms with van der Waals surface area (Å²) in [4.78, 5) is 3.92. The van der Waals surface area contributed by atoms with E-state index in [1.165, 1.54) is 12.4 Å². The highest BCUT2D eigenvalue weighted by Crippen LogP contribution is 2.29. The van der Waals surface area contributed by atoms with Crippen LogP contribution < -0.4 is 0 Å². The Labute approximate surface area is 157 Å². The number of halogens is 2. The second-order valence-corrected chi connectivity index (χ2v) is 5.95. The van der Waals surface area contributed by atoms with E-state index in [0.29, 0.717) is 10.6 Å². The molecule has 0 saturated heterocycles. The molecule has 0 aliphatic heterocycles. The van der Waals surface area contributed by atoms with Crippen molar-refractivity contribution in [2.24, 2.45) is 0 Å². The van der Waals surface area contributed by atoms with Crippen molar-refractivity contribution in [3.8, 4) is 0 Å². The van der Waals surface area contributed by atoms with Crippen molar-refractivity contribution in [1.29, 1.82) is 0 Å². The molecule has 0 aliphatic carbocycles. The number of hydrogen-bond donors (Lipinski definition) is 2. The van der Waals surface area contributed by atoms with Crippen LogP contribution in [0.3, 0.4) is 0 Å². The molecule has 2 rings (SSSR count). The molecule has 24 heavy (non-hydrogen) atoms. The lowest BCUT2D eigenvalue weighted by atomic mass is 10.1. The van der Waals surface area contributed by atoms with Gasteiger partial charge in [-0.15, -0.1) is 6.53 Å². The van der Waals surface area contributed by atoms with Crippen LogP contribution in [0.2, 0.25) is 10.0 Å². The zero-order valence-electron chi connectivity index (χ0n) is 16.9. The van der Waals surface area contributed by atoms with Crippen molar-refractivity contribution >= 4 is 33.6 Å². The number of aromatic nitrogens is 2. The summed E-state index contributed by atoms with van der Waals surface area (Å²) in [5, 5.41) is 0.713. The molecule has 0 radical (unpaired) electrons. The van der Waals surface area contributed by atoms with Crippen molar-refractivity contribution in [3.05, 3.63) is 65.1 Å². The minimum Gasteiger partial charge on any atom is -0.368 e. The highest BCUT2D eigenvalue weighted by molar-refractivity contribution is 7.79. The van der Waals surface area contributed by atoms with E-state index in [9.17, 15) is 0 Å². The molecule has 0 spiro atoms. The van der Waals surface area contributed by atoms with Crippen LogP contribution in [0.5, 0.6) is 0 Å². The van der Waals surface area contributed by atoms with Gasteiger partial charge in [-0.05, 0) is 12.1 Å². The Hall–Kier alpha value is -1.42. The van der Waals surface area contributed by atoms with Crippen molar-refractivity contribution < 1.29 is 29.1 Å². The molecule has 0 bridgehead atoms. The Morgan fingerprint density at radius 2 is 2.25 bits per heavy atom. The first-order chi connectivity index (χ1) is 13.2. The van der Waals surface area contributed by atoms with E-state index >= 15 is 0 Å². The number of rotatable bonds is 6. The molecule has 1 heterocycles. The highest BCUT2D eigenvalue weighted by Gasteiger charge is 2.16. The van der Waals surface area contributed by atoms with E-state index in [2.05, 4.69) is 4.98 Å². The van der Waals surface area contributed by atoms with Gasteiger partial charge in [0.25, 0.3) is 0 Å². The lowest BCUT2D eigenvalue weighted by Gasteiger charge is -2.19. The van der Waals surface area contributed by atoms with Crippen molar-refractivity contribution in [2.45, 2.75) is 12.6 Å². The quantitative estimate of drug-likeness (QED) is 0.569. The Morgan fingerprint density at radius 3 is 2.79 bits per heavy atom. The smallest absolute Gasteiger partial charge is 0.368 e. The molecule has 0 saturated carbocycles. The van der Waals surface area contributed by atoms with Gasteiger partial charge >= 0.3 is 10.4 Å². The Kier molecular flexibility index (Phi) is 5.63. The lowest BCUT2D eigenvalue weighted by molar-refractivity contribution is 0.0608. The topological polar surface area (TPSA) is 102 Å². The maximum atomic E-state index is 8.74. The summed E-state index contributed by atoms with van der Waals surface area (Å²) in [6, 6.07) is 3.84. The van der Waals surface area contributed by atoms with E-state index in [4.69, 9.17) is 52.3 Å². The van der Waals surface area contributed by atoms with Crippen LogP contribution in [0.1, 0.15) is 18.5 Å². The Bertz CT molecular complexity index is 945. The maximum absolute atomic E-state index is 8.74. The number of nitrogens with zero attached hydrogens (tertiary/aromatic N) is 2. The van der Waals surface area contributed by atoms with Gasteiger partial charge in [-0.1, -0.05) is 35.3 Å². The first-order valence-corrected chi connectivity index (χ1v) is 8.29. The zero-order chi connectivity index (χ0) is 22.4. The van der Waals surface area contributed by atoms with Gasteiger partial charge in [-0.25, -0.2) is 4.98 Å². The summed E-state index contributed by atoms with van der Waals surface area (Å²) in [6.45, 7) is -3.39. The average Bonchev–Trinajstić information content (AvgIpc) is 3.04. The zero-order valence-corrected chi connectivity index (χ0v) is 14.3. The molecule has 1 unspecified atom stereocenters. The summed E-state index contributed by atoms with van der Waals surface area (Å²) in [5.74, 6) is 0. The molecule has 1 aromatic heterocycles. The molecule has 1 aromatic carbocycles. The Balaban J connectivity index is 0.000000749. The van der Waals surface area contributed by atoms with E-state index in [0.717, 1.165) is 0 Å². The van der Waals surface area contributed by atoms with E-state index in [1.807, 2.05) is 0 Å². The minimum atomic E-state index is -4.67. The molecular weight excluding hydrogens is 379 g/mol. The molecular formula is C14H16Cl2N2O5S. The second kappa shape index (κ2) is 9.77. The first-order valence-electron chi connectivity index (χ1n) is 8.63. The number of hydrogen-bond acceptors (Lipinski definition) is 4. The molecule has 132 valence electrons. The predicted octanol–water partition coefficient (Wildman–Crippen LogP) is 3.48. The second-order valence-electron chi connectivity index (χ2n) is 4.21. The molecule has 2 N–H and O–H groups in total. The van der Waals surface area contributed by atoms with E-state index < -0.39 is 35.6 Å². The van der Waals surface area contributed by atoms with Gasteiger partial charge in [0.2, 0.25) is 0 Å². The fraction of sp³-hybridized carbons (Fsp3) is 0.214. The summed E-state index contributed by atoms with van der Waals surface area (Å²) < 4.78 is 76.2. The van der Waals surface area contributed by atoms with Crippen LogP contribution in [-0.2, 0) is 21.7 Å². The van der Waals surface area contributed by atoms with Gasteiger partial charge in [0.1, 0.15) is 6.10 Å². The fourth-order valence-corrected chi connectivity index (χ4v) is 2.18. The van der Waals surface area contributed by atoms with Gasteiger partial charge < -0.3 is 9.30 Å². The third-order valence-electron chi connectivity index (χ3n) is 2.50. The van der Waals surface area contributed by atoms with Crippen LogP contribution in [0, 0.1) is 0 Å². The SMILES string of the molecule is O=S(=O)(O)O.[2H]C([2H])=C([2H])C([2H])([2H])OC(Cn1ccnc1)c1ccc(Cl)cc1Cl. The normalized spacial score (nSPS) is 15.6. The molecule has 1 atom stereocenters. The van der Waals surface area contributed by atoms with Crippen molar-refractivity contribution in [1.82, 2.24) is 9.55 Å². The van der Waals surface area contributed by atoms with E-state index in [-0.39, 0.29) is 11.6 Å². The van der Waals surface area contributed by atoms with E-state index in [1.54, 1.807) is 29.1 Å². The van der Waals surface area contributed by atoms with Gasteiger partial charge in [0.05, 0.1) is 26.3 Å². The predicted molar refractivity (Wildman–Crippen MR) is 91.8 cm³/mol. The molecule has 2 aromatic rings. The fourth-order valence-electron chi connectivity index (χ4n) is 1.65. The van der Waals surface area contributed by atoms with Crippen molar-refractivity contribution in [3.63, 3.8) is 0 Å². The molecule has 0 amide bonds.